The van der Waals surface area contributed by atoms with Gasteiger partial charge in [-0.15, -0.1) is 0 Å². The van der Waals surface area contributed by atoms with Crippen LogP contribution in [0.2, 0.25) is 0 Å². The first-order valence-electron chi connectivity index (χ1n) is 9.08. The number of anilines is 1. The van der Waals surface area contributed by atoms with Gasteiger partial charge in [0.25, 0.3) is 0 Å². The lowest BCUT2D eigenvalue weighted by molar-refractivity contribution is 0.247. The van der Waals surface area contributed by atoms with E-state index in [0.29, 0.717) is 12.3 Å². The van der Waals surface area contributed by atoms with Crippen LogP contribution in [0.5, 0.6) is 5.75 Å². The predicted octanol–water partition coefficient (Wildman–Crippen LogP) is 3.88. The number of nitrogens with one attached hydrogen (secondary N) is 2. The molecule has 0 radical (unpaired) electrons. The van der Waals surface area contributed by atoms with Gasteiger partial charge in [0.1, 0.15) is 5.75 Å². The van der Waals surface area contributed by atoms with Crippen LogP contribution in [0.4, 0.5) is 10.5 Å². The molecular formula is C20H25N5O2. The predicted molar refractivity (Wildman–Crippen MR) is 105 cm³/mol. The van der Waals surface area contributed by atoms with Crippen molar-refractivity contribution in [2.75, 3.05) is 11.9 Å². The molecule has 2 amide bonds. The van der Waals surface area contributed by atoms with Crippen molar-refractivity contribution in [3.63, 3.8) is 0 Å². The lowest BCUT2D eigenvalue weighted by atomic mass is 10.1. The van der Waals surface area contributed by atoms with Gasteiger partial charge >= 0.3 is 6.03 Å². The van der Waals surface area contributed by atoms with Crippen LogP contribution >= 0.6 is 0 Å². The van der Waals surface area contributed by atoms with Gasteiger partial charge in [0.2, 0.25) is 0 Å². The molecule has 7 heteroatoms. The monoisotopic (exact) mass is 367 g/mol. The minimum absolute atomic E-state index is 0.107. The number of amides is 2. The summed E-state index contributed by atoms with van der Waals surface area (Å²) in [6.45, 7) is 4.55. The molecule has 0 saturated heterocycles. The van der Waals surface area contributed by atoms with Crippen LogP contribution in [-0.4, -0.2) is 27.0 Å². The first kappa shape index (κ1) is 18.6. The number of aromatic nitrogens is 3. The maximum Gasteiger partial charge on any atom is 0.319 e. The standard InChI is InChI=1S/C20H25N5O2/c1-4-16(17-10-11-21-24(17)3)23-20(26)22-15-8-9-19(27-5-2)18(14-15)25-12-6-7-13-25/h6-14,16H,4-5H2,1-3H3,(H2,22,23,26). The lowest BCUT2D eigenvalue weighted by Crippen LogP contribution is -2.33. The number of nitrogens with zero attached hydrogens (tertiary/aromatic N) is 3. The fourth-order valence-electron chi connectivity index (χ4n) is 3.01. The van der Waals surface area contributed by atoms with E-state index in [1.807, 2.05) is 74.3 Å². The molecule has 0 aliphatic rings. The highest BCUT2D eigenvalue weighted by atomic mass is 16.5. The van der Waals surface area contributed by atoms with Gasteiger partial charge in [-0.05, 0) is 49.7 Å². The first-order valence-corrected chi connectivity index (χ1v) is 9.08. The Bertz CT molecular complexity index is 886. The number of aryl methyl sites for hydroxylation is 1. The Kier molecular flexibility index (Phi) is 5.80. The van der Waals surface area contributed by atoms with E-state index in [2.05, 4.69) is 15.7 Å². The van der Waals surface area contributed by atoms with E-state index in [0.717, 1.165) is 23.6 Å². The second kappa shape index (κ2) is 8.44. The van der Waals surface area contributed by atoms with Gasteiger partial charge in [0.15, 0.2) is 0 Å². The van der Waals surface area contributed by atoms with E-state index in [9.17, 15) is 4.79 Å². The molecule has 1 aromatic carbocycles. The second-order valence-corrected chi connectivity index (χ2v) is 6.14. The van der Waals surface area contributed by atoms with E-state index in [-0.39, 0.29) is 12.1 Å². The number of carbonyl (C=O) groups excluding carboxylic acids is 1. The molecule has 0 aliphatic carbocycles. The molecule has 3 aromatic rings. The van der Waals surface area contributed by atoms with Crippen LogP contribution in [0.25, 0.3) is 5.69 Å². The summed E-state index contributed by atoms with van der Waals surface area (Å²) in [5, 5.41) is 10.1. The minimum Gasteiger partial charge on any atom is -0.492 e. The van der Waals surface area contributed by atoms with Crippen molar-refractivity contribution in [3.05, 3.63) is 60.7 Å². The van der Waals surface area contributed by atoms with E-state index < -0.39 is 0 Å². The zero-order valence-corrected chi connectivity index (χ0v) is 15.8. The van der Waals surface area contributed by atoms with E-state index >= 15 is 0 Å². The molecule has 2 N–H and O–H groups in total. The largest absolute Gasteiger partial charge is 0.492 e. The highest BCUT2D eigenvalue weighted by Gasteiger charge is 2.16. The van der Waals surface area contributed by atoms with Crippen molar-refractivity contribution >= 4 is 11.7 Å². The average molecular weight is 367 g/mol. The van der Waals surface area contributed by atoms with E-state index in [1.54, 1.807) is 10.9 Å². The Morgan fingerprint density at radius 1 is 1.22 bits per heavy atom. The number of urea groups is 1. The third-order valence-electron chi connectivity index (χ3n) is 4.33. The number of hydrogen-bond acceptors (Lipinski definition) is 3. The third-order valence-corrected chi connectivity index (χ3v) is 4.33. The van der Waals surface area contributed by atoms with Crippen molar-refractivity contribution in [3.8, 4) is 11.4 Å². The number of carbonyl (C=O) groups is 1. The SMILES string of the molecule is CCOc1ccc(NC(=O)NC(CC)c2ccnn2C)cc1-n1cccc1. The summed E-state index contributed by atoms with van der Waals surface area (Å²) in [4.78, 5) is 12.5. The zero-order chi connectivity index (χ0) is 19.2. The summed E-state index contributed by atoms with van der Waals surface area (Å²) in [7, 11) is 1.87. The van der Waals surface area contributed by atoms with Gasteiger partial charge < -0.3 is 19.9 Å². The minimum atomic E-state index is -0.259. The highest BCUT2D eigenvalue weighted by Crippen LogP contribution is 2.27. The second-order valence-electron chi connectivity index (χ2n) is 6.14. The first-order chi connectivity index (χ1) is 13.1. The van der Waals surface area contributed by atoms with Crippen LogP contribution in [0.1, 0.15) is 32.0 Å². The van der Waals surface area contributed by atoms with Crippen molar-refractivity contribution in [2.24, 2.45) is 7.05 Å². The molecule has 7 nitrogen and oxygen atoms in total. The molecule has 0 fully saturated rings. The van der Waals surface area contributed by atoms with Crippen LogP contribution in [0.15, 0.2) is 55.0 Å². The molecule has 1 unspecified atom stereocenters. The van der Waals surface area contributed by atoms with Gasteiger partial charge in [-0.1, -0.05) is 6.92 Å². The number of rotatable bonds is 7. The van der Waals surface area contributed by atoms with Gasteiger partial charge in [0, 0.05) is 31.3 Å². The molecule has 2 aromatic heterocycles. The molecule has 142 valence electrons. The fourth-order valence-corrected chi connectivity index (χ4v) is 3.01. The third kappa shape index (κ3) is 4.31. The topological polar surface area (TPSA) is 73.1 Å². The van der Waals surface area contributed by atoms with Crippen molar-refractivity contribution in [2.45, 2.75) is 26.3 Å². The Balaban J connectivity index is 1.76. The van der Waals surface area contributed by atoms with Gasteiger partial charge in [-0.25, -0.2) is 4.79 Å². The quantitative estimate of drug-likeness (QED) is 0.665. The smallest absolute Gasteiger partial charge is 0.319 e. The van der Waals surface area contributed by atoms with Crippen LogP contribution < -0.4 is 15.4 Å². The molecule has 0 saturated carbocycles. The van der Waals surface area contributed by atoms with Gasteiger partial charge in [-0.3, -0.25) is 4.68 Å². The van der Waals surface area contributed by atoms with Crippen molar-refractivity contribution < 1.29 is 9.53 Å². The molecule has 0 spiro atoms. The molecule has 0 aliphatic heterocycles. The average Bonchev–Trinajstić information content (AvgIpc) is 3.33. The van der Waals surface area contributed by atoms with Gasteiger partial charge in [0.05, 0.1) is 24.0 Å². The molecule has 27 heavy (non-hydrogen) atoms. The summed E-state index contributed by atoms with van der Waals surface area (Å²) in [5.41, 5.74) is 2.53. The van der Waals surface area contributed by atoms with Crippen molar-refractivity contribution in [1.82, 2.24) is 19.7 Å². The molecule has 3 rings (SSSR count). The Morgan fingerprint density at radius 2 is 2.00 bits per heavy atom. The number of benzene rings is 1. The number of hydrogen-bond donors (Lipinski definition) is 2. The fraction of sp³-hybridized carbons (Fsp3) is 0.300. The summed E-state index contributed by atoms with van der Waals surface area (Å²) >= 11 is 0. The van der Waals surface area contributed by atoms with E-state index in [4.69, 9.17) is 4.74 Å². The lowest BCUT2D eigenvalue weighted by Gasteiger charge is -2.18. The zero-order valence-electron chi connectivity index (χ0n) is 15.8. The van der Waals surface area contributed by atoms with E-state index in [1.165, 1.54) is 0 Å². The molecular weight excluding hydrogens is 342 g/mol. The molecule has 1 atom stereocenters. The maximum atomic E-state index is 12.5. The summed E-state index contributed by atoms with van der Waals surface area (Å²) in [6, 6.07) is 11.0. The Labute approximate surface area is 159 Å². The summed E-state index contributed by atoms with van der Waals surface area (Å²) < 4.78 is 9.44. The van der Waals surface area contributed by atoms with Crippen LogP contribution in [0, 0.1) is 0 Å². The molecule has 2 heterocycles. The molecule has 0 bridgehead atoms. The highest BCUT2D eigenvalue weighted by molar-refractivity contribution is 5.90. The van der Waals surface area contributed by atoms with Crippen LogP contribution in [-0.2, 0) is 7.05 Å². The summed E-state index contributed by atoms with van der Waals surface area (Å²) in [5.74, 6) is 0.765. The normalized spacial score (nSPS) is 11.8. The Morgan fingerprint density at radius 3 is 2.63 bits per heavy atom. The van der Waals surface area contributed by atoms with Crippen LogP contribution in [0.3, 0.4) is 0 Å². The maximum absolute atomic E-state index is 12.5. The van der Waals surface area contributed by atoms with Crippen molar-refractivity contribution in [1.29, 1.82) is 0 Å². The number of ether oxygens (including phenoxy) is 1. The Hall–Kier alpha value is -3.22. The summed E-state index contributed by atoms with van der Waals surface area (Å²) in [6.07, 6.45) is 6.38. The van der Waals surface area contributed by atoms with Gasteiger partial charge in [-0.2, -0.15) is 5.10 Å².